The molecule has 24 heavy (non-hydrogen) atoms. The third kappa shape index (κ3) is 4.15. The summed E-state index contributed by atoms with van der Waals surface area (Å²) >= 11 is 0. The van der Waals surface area contributed by atoms with Crippen molar-refractivity contribution in [2.24, 2.45) is 11.8 Å². The van der Waals surface area contributed by atoms with Gasteiger partial charge in [-0.15, -0.1) is 0 Å². The highest BCUT2D eigenvalue weighted by Crippen LogP contribution is 2.24. The van der Waals surface area contributed by atoms with Gasteiger partial charge in [-0.25, -0.2) is 0 Å². The van der Waals surface area contributed by atoms with E-state index in [9.17, 15) is 4.79 Å². The van der Waals surface area contributed by atoms with E-state index in [4.69, 9.17) is 5.26 Å². The number of nitrogens with zero attached hydrogens (tertiary/aromatic N) is 3. The van der Waals surface area contributed by atoms with Gasteiger partial charge in [0, 0.05) is 25.6 Å². The standard InChI is InChI=1S/C20H27N3O/c1-16-3-2-10-23(14-16)20(24)19-8-11-22(12-9-19)15-18-6-4-17(13-21)5-7-18/h4-7,16,19H,2-3,8-12,14-15H2,1H3. The average molecular weight is 325 g/mol. The number of nitriles is 1. The summed E-state index contributed by atoms with van der Waals surface area (Å²) < 4.78 is 0. The monoisotopic (exact) mass is 325 g/mol. The first-order valence-electron chi connectivity index (χ1n) is 9.16. The minimum absolute atomic E-state index is 0.215. The lowest BCUT2D eigenvalue weighted by Gasteiger charge is -2.37. The Bertz CT molecular complexity index is 596. The summed E-state index contributed by atoms with van der Waals surface area (Å²) in [5.74, 6) is 1.26. The molecule has 1 aromatic rings. The van der Waals surface area contributed by atoms with Gasteiger partial charge in [0.05, 0.1) is 11.6 Å². The summed E-state index contributed by atoms with van der Waals surface area (Å²) in [6.07, 6.45) is 4.36. The number of likely N-dealkylation sites (tertiary alicyclic amines) is 2. The van der Waals surface area contributed by atoms with Crippen LogP contribution in [0, 0.1) is 23.2 Å². The summed E-state index contributed by atoms with van der Waals surface area (Å²) in [5, 5.41) is 8.86. The van der Waals surface area contributed by atoms with Crippen LogP contribution in [-0.2, 0) is 11.3 Å². The normalized spacial score (nSPS) is 23.0. The van der Waals surface area contributed by atoms with Gasteiger partial charge in [-0.2, -0.15) is 5.26 Å². The summed E-state index contributed by atoms with van der Waals surface area (Å²) in [7, 11) is 0. The van der Waals surface area contributed by atoms with Crippen LogP contribution in [0.2, 0.25) is 0 Å². The molecule has 2 saturated heterocycles. The molecule has 1 aromatic carbocycles. The Labute approximate surface area is 145 Å². The number of rotatable bonds is 3. The van der Waals surface area contributed by atoms with E-state index >= 15 is 0 Å². The Hall–Kier alpha value is -1.86. The van der Waals surface area contributed by atoms with Gasteiger partial charge in [0.25, 0.3) is 0 Å². The molecule has 2 aliphatic rings. The molecule has 1 atom stereocenters. The minimum Gasteiger partial charge on any atom is -0.342 e. The summed E-state index contributed by atoms with van der Waals surface area (Å²) in [5.41, 5.74) is 1.95. The molecular weight excluding hydrogens is 298 g/mol. The highest BCUT2D eigenvalue weighted by Gasteiger charge is 2.30. The Balaban J connectivity index is 1.48. The number of hydrogen-bond acceptors (Lipinski definition) is 3. The first-order valence-corrected chi connectivity index (χ1v) is 9.16. The third-order valence-electron chi connectivity index (χ3n) is 5.39. The number of amides is 1. The van der Waals surface area contributed by atoms with Crippen molar-refractivity contribution in [1.29, 1.82) is 5.26 Å². The molecule has 128 valence electrons. The lowest BCUT2D eigenvalue weighted by Crippen LogP contribution is -2.45. The van der Waals surface area contributed by atoms with Crippen LogP contribution in [0.25, 0.3) is 0 Å². The Morgan fingerprint density at radius 3 is 2.50 bits per heavy atom. The zero-order chi connectivity index (χ0) is 16.9. The van der Waals surface area contributed by atoms with Crippen LogP contribution in [0.5, 0.6) is 0 Å². The fourth-order valence-electron chi connectivity index (χ4n) is 3.93. The van der Waals surface area contributed by atoms with Crippen LogP contribution < -0.4 is 0 Å². The Kier molecular flexibility index (Phi) is 5.52. The SMILES string of the molecule is CC1CCCN(C(=O)C2CCN(Cc3ccc(C#N)cc3)CC2)C1. The minimum atomic E-state index is 0.215. The van der Waals surface area contributed by atoms with E-state index in [1.807, 2.05) is 24.3 Å². The maximum absolute atomic E-state index is 12.7. The van der Waals surface area contributed by atoms with Crippen LogP contribution in [0.4, 0.5) is 0 Å². The lowest BCUT2D eigenvalue weighted by atomic mass is 9.92. The van der Waals surface area contributed by atoms with Crippen molar-refractivity contribution >= 4 is 5.91 Å². The zero-order valence-corrected chi connectivity index (χ0v) is 14.6. The fraction of sp³-hybridized carbons (Fsp3) is 0.600. The van der Waals surface area contributed by atoms with Gasteiger partial charge >= 0.3 is 0 Å². The molecule has 1 amide bonds. The predicted octanol–water partition coefficient (Wildman–Crippen LogP) is 3.03. The van der Waals surface area contributed by atoms with E-state index in [1.54, 1.807) is 0 Å². The van der Waals surface area contributed by atoms with Gasteiger partial charge in [-0.05, 0) is 62.4 Å². The summed E-state index contributed by atoms with van der Waals surface area (Å²) in [4.78, 5) is 17.2. The predicted molar refractivity (Wildman–Crippen MR) is 94.1 cm³/mol. The Morgan fingerprint density at radius 1 is 1.17 bits per heavy atom. The number of carbonyl (C=O) groups excluding carboxylic acids is 1. The maximum atomic E-state index is 12.7. The average Bonchev–Trinajstić information content (AvgIpc) is 2.62. The number of benzene rings is 1. The summed E-state index contributed by atoms with van der Waals surface area (Å²) in [6, 6.07) is 9.98. The van der Waals surface area contributed by atoms with Gasteiger partial charge in [-0.1, -0.05) is 19.1 Å². The molecule has 0 N–H and O–H groups in total. The molecule has 1 unspecified atom stereocenters. The number of piperidine rings is 2. The molecule has 2 fully saturated rings. The highest BCUT2D eigenvalue weighted by molar-refractivity contribution is 5.79. The molecule has 0 saturated carbocycles. The first-order chi connectivity index (χ1) is 11.7. The number of carbonyl (C=O) groups is 1. The van der Waals surface area contributed by atoms with Gasteiger partial charge in [0.1, 0.15) is 0 Å². The van der Waals surface area contributed by atoms with Gasteiger partial charge in [0.15, 0.2) is 0 Å². The second-order valence-corrected chi connectivity index (χ2v) is 7.39. The second kappa shape index (κ2) is 7.81. The quantitative estimate of drug-likeness (QED) is 0.858. The molecule has 0 radical (unpaired) electrons. The van der Waals surface area contributed by atoms with E-state index in [1.165, 1.54) is 12.0 Å². The largest absolute Gasteiger partial charge is 0.342 e. The van der Waals surface area contributed by atoms with Crippen molar-refractivity contribution in [1.82, 2.24) is 9.80 Å². The molecule has 0 spiro atoms. The molecule has 0 aliphatic carbocycles. The topological polar surface area (TPSA) is 47.3 Å². The Morgan fingerprint density at radius 2 is 1.88 bits per heavy atom. The van der Waals surface area contributed by atoms with Crippen molar-refractivity contribution in [3.8, 4) is 6.07 Å². The molecule has 4 nitrogen and oxygen atoms in total. The number of hydrogen-bond donors (Lipinski definition) is 0. The summed E-state index contributed by atoms with van der Waals surface area (Å²) in [6.45, 7) is 7.03. The highest BCUT2D eigenvalue weighted by atomic mass is 16.2. The van der Waals surface area contributed by atoms with E-state index in [2.05, 4.69) is 22.8 Å². The van der Waals surface area contributed by atoms with Gasteiger partial charge in [0.2, 0.25) is 5.91 Å². The van der Waals surface area contributed by atoms with Crippen molar-refractivity contribution in [3.05, 3.63) is 35.4 Å². The van der Waals surface area contributed by atoms with E-state index < -0.39 is 0 Å². The van der Waals surface area contributed by atoms with Crippen molar-refractivity contribution < 1.29 is 4.79 Å². The molecule has 2 aliphatic heterocycles. The molecule has 4 heteroatoms. The van der Waals surface area contributed by atoms with Crippen LogP contribution >= 0.6 is 0 Å². The van der Waals surface area contributed by atoms with Crippen LogP contribution in [0.3, 0.4) is 0 Å². The third-order valence-corrected chi connectivity index (χ3v) is 5.39. The van der Waals surface area contributed by atoms with Gasteiger partial charge < -0.3 is 4.90 Å². The molecule has 0 aromatic heterocycles. The smallest absolute Gasteiger partial charge is 0.225 e. The molecule has 0 bridgehead atoms. The first kappa shape index (κ1) is 17.0. The second-order valence-electron chi connectivity index (χ2n) is 7.39. The zero-order valence-electron chi connectivity index (χ0n) is 14.6. The molecular formula is C20H27N3O. The van der Waals surface area contributed by atoms with E-state index in [0.717, 1.165) is 52.0 Å². The van der Waals surface area contributed by atoms with Gasteiger partial charge in [-0.3, -0.25) is 9.69 Å². The van der Waals surface area contributed by atoms with E-state index in [-0.39, 0.29) is 5.92 Å². The van der Waals surface area contributed by atoms with Crippen molar-refractivity contribution in [2.45, 2.75) is 39.2 Å². The van der Waals surface area contributed by atoms with Crippen LogP contribution in [-0.4, -0.2) is 41.9 Å². The van der Waals surface area contributed by atoms with Crippen LogP contribution in [0.15, 0.2) is 24.3 Å². The lowest BCUT2D eigenvalue weighted by molar-refractivity contribution is -0.138. The van der Waals surface area contributed by atoms with Crippen molar-refractivity contribution in [3.63, 3.8) is 0 Å². The maximum Gasteiger partial charge on any atom is 0.225 e. The molecule has 2 heterocycles. The molecule has 3 rings (SSSR count). The van der Waals surface area contributed by atoms with Crippen LogP contribution in [0.1, 0.15) is 43.7 Å². The fourth-order valence-corrected chi connectivity index (χ4v) is 3.93. The van der Waals surface area contributed by atoms with Crippen molar-refractivity contribution in [2.75, 3.05) is 26.2 Å². The van der Waals surface area contributed by atoms with E-state index in [0.29, 0.717) is 17.4 Å².